The highest BCUT2D eigenvalue weighted by Gasteiger charge is 2.29. The first kappa shape index (κ1) is 14.5. The summed E-state index contributed by atoms with van der Waals surface area (Å²) in [4.78, 5) is 14.5. The summed E-state index contributed by atoms with van der Waals surface area (Å²) in [6.45, 7) is 4.97. The molecular formula is C14H18Cl2N2O. The molecule has 5 heteroatoms. The molecule has 0 saturated carbocycles. The van der Waals surface area contributed by atoms with Gasteiger partial charge in [-0.3, -0.25) is 4.79 Å². The zero-order valence-electron chi connectivity index (χ0n) is 11.1. The van der Waals surface area contributed by atoms with E-state index in [1.54, 1.807) is 12.1 Å². The van der Waals surface area contributed by atoms with Gasteiger partial charge >= 0.3 is 0 Å². The average Bonchev–Trinajstić information content (AvgIpc) is 2.36. The van der Waals surface area contributed by atoms with Crippen molar-refractivity contribution in [2.24, 2.45) is 5.92 Å². The van der Waals surface area contributed by atoms with Crippen molar-refractivity contribution < 1.29 is 4.79 Å². The zero-order valence-corrected chi connectivity index (χ0v) is 12.6. The fraction of sp³-hybridized carbons (Fsp3) is 0.500. The maximum Gasteiger partial charge on any atom is 0.255 e. The van der Waals surface area contributed by atoms with Gasteiger partial charge in [0.15, 0.2) is 0 Å². The van der Waals surface area contributed by atoms with Crippen LogP contribution in [-0.2, 0) is 0 Å². The lowest BCUT2D eigenvalue weighted by molar-refractivity contribution is 0.0574. The van der Waals surface area contributed by atoms with Crippen molar-refractivity contribution in [1.29, 1.82) is 0 Å². The summed E-state index contributed by atoms with van der Waals surface area (Å²) in [6, 6.07) is 3.38. The second-order valence-corrected chi connectivity index (χ2v) is 6.14. The highest BCUT2D eigenvalue weighted by molar-refractivity contribution is 6.44. The molecule has 0 aliphatic carbocycles. The summed E-state index contributed by atoms with van der Waals surface area (Å²) in [5, 5.41) is 0.606. The van der Waals surface area contributed by atoms with E-state index in [1.165, 1.54) is 0 Å². The molecule has 1 heterocycles. The van der Waals surface area contributed by atoms with Gasteiger partial charge in [-0.25, -0.2) is 0 Å². The van der Waals surface area contributed by atoms with Crippen molar-refractivity contribution in [3.63, 3.8) is 0 Å². The van der Waals surface area contributed by atoms with Gasteiger partial charge in [-0.2, -0.15) is 0 Å². The number of amides is 1. The predicted octanol–water partition coefficient (Wildman–Crippen LogP) is 3.84. The summed E-state index contributed by atoms with van der Waals surface area (Å²) < 4.78 is 0. The third kappa shape index (κ3) is 2.98. The summed E-state index contributed by atoms with van der Waals surface area (Å²) >= 11 is 12.1. The van der Waals surface area contributed by atoms with E-state index in [0.717, 1.165) is 19.4 Å². The van der Waals surface area contributed by atoms with E-state index >= 15 is 0 Å². The molecule has 1 aromatic rings. The minimum Gasteiger partial charge on any atom is -0.399 e. The Morgan fingerprint density at radius 2 is 2.00 bits per heavy atom. The number of nitrogen functional groups attached to an aromatic ring is 1. The summed E-state index contributed by atoms with van der Waals surface area (Å²) in [6.07, 6.45) is 2.16. The summed E-state index contributed by atoms with van der Waals surface area (Å²) in [5.74, 6) is 0.425. The van der Waals surface area contributed by atoms with Crippen molar-refractivity contribution in [3.8, 4) is 0 Å². The van der Waals surface area contributed by atoms with Crippen molar-refractivity contribution in [2.75, 3.05) is 12.3 Å². The first-order valence-electron chi connectivity index (χ1n) is 6.45. The van der Waals surface area contributed by atoms with Crippen LogP contribution in [0.2, 0.25) is 10.0 Å². The van der Waals surface area contributed by atoms with Gasteiger partial charge in [-0.1, -0.05) is 30.1 Å². The van der Waals surface area contributed by atoms with Crippen molar-refractivity contribution in [1.82, 2.24) is 4.90 Å². The molecule has 2 atom stereocenters. The van der Waals surface area contributed by atoms with Crippen LogP contribution < -0.4 is 5.73 Å². The Bertz CT molecular complexity index is 504. The fourth-order valence-electron chi connectivity index (χ4n) is 2.49. The lowest BCUT2D eigenvalue weighted by Gasteiger charge is -2.37. The molecule has 0 aromatic heterocycles. The van der Waals surface area contributed by atoms with Gasteiger partial charge in [0.05, 0.1) is 15.6 Å². The molecule has 1 amide bonds. The number of halogens is 2. The van der Waals surface area contributed by atoms with Crippen LogP contribution in [0.1, 0.15) is 37.0 Å². The average molecular weight is 301 g/mol. The van der Waals surface area contributed by atoms with E-state index in [0.29, 0.717) is 22.2 Å². The third-order valence-electron chi connectivity index (χ3n) is 3.66. The normalized spacial score (nSPS) is 23.5. The minimum absolute atomic E-state index is 0.0850. The zero-order chi connectivity index (χ0) is 14.2. The number of nitrogens with zero attached hydrogens (tertiary/aromatic N) is 1. The Morgan fingerprint density at radius 1 is 1.32 bits per heavy atom. The number of hydrogen-bond donors (Lipinski definition) is 1. The van der Waals surface area contributed by atoms with E-state index in [9.17, 15) is 4.79 Å². The monoisotopic (exact) mass is 300 g/mol. The lowest BCUT2D eigenvalue weighted by Crippen LogP contribution is -2.45. The number of rotatable bonds is 1. The molecule has 1 aromatic carbocycles. The van der Waals surface area contributed by atoms with E-state index in [1.807, 2.05) is 4.90 Å². The SMILES string of the molecule is CC1CCC(C)N(C(=O)c2cc(N)cc(Cl)c2Cl)C1. The maximum atomic E-state index is 12.6. The Morgan fingerprint density at radius 3 is 2.68 bits per heavy atom. The Balaban J connectivity index is 2.33. The van der Waals surface area contributed by atoms with Crippen LogP contribution >= 0.6 is 23.2 Å². The lowest BCUT2D eigenvalue weighted by atomic mass is 9.94. The van der Waals surface area contributed by atoms with Crippen LogP contribution in [-0.4, -0.2) is 23.4 Å². The number of piperidine rings is 1. The highest BCUT2D eigenvalue weighted by Crippen LogP contribution is 2.31. The number of carbonyl (C=O) groups is 1. The molecule has 0 spiro atoms. The highest BCUT2D eigenvalue weighted by atomic mass is 35.5. The molecule has 1 aliphatic heterocycles. The molecule has 2 unspecified atom stereocenters. The van der Waals surface area contributed by atoms with Crippen molar-refractivity contribution >= 4 is 34.8 Å². The number of hydrogen-bond acceptors (Lipinski definition) is 2. The van der Waals surface area contributed by atoms with Crippen molar-refractivity contribution in [2.45, 2.75) is 32.7 Å². The quantitative estimate of drug-likeness (QED) is 0.801. The van der Waals surface area contributed by atoms with Gasteiger partial charge in [-0.15, -0.1) is 0 Å². The molecule has 0 radical (unpaired) electrons. The number of nitrogens with two attached hydrogens (primary N) is 1. The molecule has 1 saturated heterocycles. The third-order valence-corrected chi connectivity index (χ3v) is 4.46. The van der Waals surface area contributed by atoms with E-state index < -0.39 is 0 Å². The molecule has 1 aliphatic rings. The smallest absolute Gasteiger partial charge is 0.255 e. The maximum absolute atomic E-state index is 12.6. The van der Waals surface area contributed by atoms with Gasteiger partial charge in [-0.05, 0) is 37.8 Å². The van der Waals surface area contributed by atoms with E-state index in [2.05, 4.69) is 13.8 Å². The molecule has 3 nitrogen and oxygen atoms in total. The van der Waals surface area contributed by atoms with Gasteiger partial charge in [0.1, 0.15) is 0 Å². The van der Waals surface area contributed by atoms with E-state index in [-0.39, 0.29) is 17.0 Å². The summed E-state index contributed by atoms with van der Waals surface area (Å²) in [7, 11) is 0. The van der Waals surface area contributed by atoms with E-state index in [4.69, 9.17) is 28.9 Å². The summed E-state index contributed by atoms with van der Waals surface area (Å²) in [5.41, 5.74) is 6.59. The van der Waals surface area contributed by atoms with Crippen LogP contribution in [0.4, 0.5) is 5.69 Å². The number of anilines is 1. The van der Waals surface area contributed by atoms with Crippen LogP contribution in [0.5, 0.6) is 0 Å². The fourth-order valence-corrected chi connectivity index (χ4v) is 2.91. The molecule has 1 fully saturated rings. The van der Waals surface area contributed by atoms with Gasteiger partial charge in [0, 0.05) is 18.3 Å². The van der Waals surface area contributed by atoms with Crippen LogP contribution in [0.15, 0.2) is 12.1 Å². The molecule has 0 bridgehead atoms. The molecule has 19 heavy (non-hydrogen) atoms. The first-order valence-corrected chi connectivity index (χ1v) is 7.21. The van der Waals surface area contributed by atoms with Crippen LogP contribution in [0.25, 0.3) is 0 Å². The second-order valence-electron chi connectivity index (χ2n) is 5.35. The first-order chi connectivity index (χ1) is 8.90. The van der Waals surface area contributed by atoms with Gasteiger partial charge < -0.3 is 10.6 Å². The number of carbonyl (C=O) groups excluding carboxylic acids is 1. The molecule has 2 rings (SSSR count). The van der Waals surface area contributed by atoms with Gasteiger partial charge in [0.25, 0.3) is 5.91 Å². The molecule has 2 N–H and O–H groups in total. The van der Waals surface area contributed by atoms with Crippen molar-refractivity contribution in [3.05, 3.63) is 27.7 Å². The Kier molecular flexibility index (Phi) is 4.26. The number of likely N-dealkylation sites (tertiary alicyclic amines) is 1. The Hall–Kier alpha value is -0.930. The van der Waals surface area contributed by atoms with Crippen LogP contribution in [0, 0.1) is 5.92 Å². The largest absolute Gasteiger partial charge is 0.399 e. The van der Waals surface area contributed by atoms with Crippen LogP contribution in [0.3, 0.4) is 0 Å². The topological polar surface area (TPSA) is 46.3 Å². The molecule has 104 valence electrons. The minimum atomic E-state index is -0.0850. The Labute approximate surface area is 123 Å². The second kappa shape index (κ2) is 5.59. The standard InChI is InChI=1S/C14H18Cl2N2O/c1-8-3-4-9(2)18(7-8)14(19)11-5-10(17)6-12(15)13(11)16/h5-6,8-9H,3-4,7,17H2,1-2H3. The number of benzene rings is 1. The predicted molar refractivity (Wildman–Crippen MR) is 79.8 cm³/mol. The van der Waals surface area contributed by atoms with Gasteiger partial charge in [0.2, 0.25) is 0 Å². The molecular weight excluding hydrogens is 283 g/mol.